The fraction of sp³-hybridized carbons (Fsp3) is 0.300. The van der Waals surface area contributed by atoms with Crippen molar-refractivity contribution in [2.24, 2.45) is 0 Å². The lowest BCUT2D eigenvalue weighted by molar-refractivity contribution is -0.141. The number of carbonyl (C=O) groups is 1. The van der Waals surface area contributed by atoms with Gasteiger partial charge in [-0.25, -0.2) is 8.42 Å². The van der Waals surface area contributed by atoms with Gasteiger partial charge < -0.3 is 5.11 Å². The van der Waals surface area contributed by atoms with E-state index in [0.29, 0.717) is 5.56 Å². The van der Waals surface area contributed by atoms with Gasteiger partial charge in [0.15, 0.2) is 0 Å². The van der Waals surface area contributed by atoms with Crippen molar-refractivity contribution in [3.63, 3.8) is 0 Å². The van der Waals surface area contributed by atoms with E-state index in [0.717, 1.165) is 4.31 Å². The Hall–Kier alpha value is -1.40. The second kappa shape index (κ2) is 3.57. The van der Waals surface area contributed by atoms with Crippen LogP contribution in [0.1, 0.15) is 5.56 Å². The number of rotatable bonds is 1. The summed E-state index contributed by atoms with van der Waals surface area (Å²) in [6.45, 7) is 0. The Balaban J connectivity index is 2.61. The monoisotopic (exact) mass is 241 g/mol. The van der Waals surface area contributed by atoms with E-state index in [-0.39, 0.29) is 11.3 Å². The third-order valence-corrected chi connectivity index (χ3v) is 4.73. The van der Waals surface area contributed by atoms with Crippen molar-refractivity contribution in [3.8, 4) is 0 Å². The number of fused-ring (bicyclic) bond motifs is 1. The lowest BCUT2D eigenvalue weighted by atomic mass is 10.1. The summed E-state index contributed by atoms with van der Waals surface area (Å²) < 4.78 is 24.9. The van der Waals surface area contributed by atoms with Crippen LogP contribution in [0.5, 0.6) is 0 Å². The minimum Gasteiger partial charge on any atom is -0.480 e. The minimum atomic E-state index is -3.66. The van der Waals surface area contributed by atoms with E-state index in [2.05, 4.69) is 0 Å². The zero-order valence-corrected chi connectivity index (χ0v) is 9.44. The Bertz CT molecular complexity index is 538. The number of carboxylic acids is 1. The number of likely N-dealkylation sites (N-methyl/N-ethyl adjacent to an activating group) is 1. The quantitative estimate of drug-likeness (QED) is 0.768. The second-order valence-corrected chi connectivity index (χ2v) is 5.65. The van der Waals surface area contributed by atoms with Gasteiger partial charge in [-0.1, -0.05) is 18.2 Å². The first-order chi connectivity index (χ1) is 7.44. The molecule has 1 unspecified atom stereocenters. The van der Waals surface area contributed by atoms with E-state index in [1.807, 2.05) is 0 Å². The van der Waals surface area contributed by atoms with Crippen molar-refractivity contribution in [3.05, 3.63) is 29.8 Å². The average Bonchev–Trinajstić information content (AvgIpc) is 2.23. The molecule has 1 aliphatic heterocycles. The lowest BCUT2D eigenvalue weighted by Crippen LogP contribution is -2.47. The zero-order valence-electron chi connectivity index (χ0n) is 8.62. The number of benzene rings is 1. The summed E-state index contributed by atoms with van der Waals surface area (Å²) in [7, 11) is -2.37. The third kappa shape index (κ3) is 1.50. The molecule has 16 heavy (non-hydrogen) atoms. The largest absolute Gasteiger partial charge is 0.480 e. The number of hydrogen-bond donors (Lipinski definition) is 1. The molecule has 1 atom stereocenters. The highest BCUT2D eigenvalue weighted by molar-refractivity contribution is 7.89. The molecule has 0 spiro atoms. The molecule has 0 fully saturated rings. The molecule has 0 saturated heterocycles. The average molecular weight is 241 g/mol. The SMILES string of the molecule is CN1C(C(=O)O)Cc2ccccc2S1(=O)=O. The van der Waals surface area contributed by atoms with E-state index < -0.39 is 22.0 Å². The number of nitrogens with zero attached hydrogens (tertiary/aromatic N) is 1. The molecular formula is C10H11NO4S. The summed E-state index contributed by atoms with van der Waals surface area (Å²) in [6.07, 6.45) is 0.210. The number of carboxylic acid groups (broad SMARTS) is 1. The maximum absolute atomic E-state index is 12.0. The van der Waals surface area contributed by atoms with Gasteiger partial charge in [0.1, 0.15) is 6.04 Å². The zero-order chi connectivity index (χ0) is 11.9. The van der Waals surface area contributed by atoms with Crippen LogP contribution in [0.15, 0.2) is 29.2 Å². The standard InChI is InChI=1S/C10H11NO4S/c1-11-8(10(12)13)6-7-4-2-3-5-9(7)16(11,14)15/h2-5,8H,6H2,1H3,(H,12,13). The van der Waals surface area contributed by atoms with Crippen LogP contribution in [0, 0.1) is 0 Å². The molecule has 2 rings (SSSR count). The molecule has 5 nitrogen and oxygen atoms in total. The number of aliphatic carboxylic acids is 1. The molecule has 0 aromatic heterocycles. The van der Waals surface area contributed by atoms with Crippen LogP contribution in [0.25, 0.3) is 0 Å². The molecule has 1 aliphatic rings. The summed E-state index contributed by atoms with van der Waals surface area (Å²) >= 11 is 0. The maximum Gasteiger partial charge on any atom is 0.322 e. The highest BCUT2D eigenvalue weighted by Crippen LogP contribution is 2.28. The normalized spacial score (nSPS) is 23.7. The first-order valence-electron chi connectivity index (χ1n) is 4.73. The molecule has 1 N–H and O–H groups in total. The van der Waals surface area contributed by atoms with Crippen LogP contribution in [0.3, 0.4) is 0 Å². The third-order valence-electron chi connectivity index (χ3n) is 2.77. The van der Waals surface area contributed by atoms with Crippen LogP contribution in [0.2, 0.25) is 0 Å². The van der Waals surface area contributed by atoms with Gasteiger partial charge in [-0.2, -0.15) is 4.31 Å². The minimum absolute atomic E-state index is 0.204. The van der Waals surface area contributed by atoms with E-state index in [9.17, 15) is 13.2 Å². The fourth-order valence-electron chi connectivity index (χ4n) is 1.83. The molecule has 0 radical (unpaired) electrons. The molecule has 0 amide bonds. The van der Waals surface area contributed by atoms with Gasteiger partial charge in [0, 0.05) is 13.5 Å². The Labute approximate surface area is 93.4 Å². The Morgan fingerprint density at radius 1 is 1.44 bits per heavy atom. The van der Waals surface area contributed by atoms with Crippen molar-refractivity contribution in [1.29, 1.82) is 0 Å². The Morgan fingerprint density at radius 3 is 2.69 bits per heavy atom. The van der Waals surface area contributed by atoms with Crippen molar-refractivity contribution in [2.45, 2.75) is 17.4 Å². The smallest absolute Gasteiger partial charge is 0.322 e. The van der Waals surface area contributed by atoms with Gasteiger partial charge >= 0.3 is 5.97 Å². The Morgan fingerprint density at radius 2 is 2.06 bits per heavy atom. The molecule has 1 aromatic carbocycles. The van der Waals surface area contributed by atoms with Gasteiger partial charge in [0.25, 0.3) is 0 Å². The summed E-state index contributed by atoms with van der Waals surface area (Å²) in [5.74, 6) is -1.12. The van der Waals surface area contributed by atoms with Crippen LogP contribution < -0.4 is 0 Å². The van der Waals surface area contributed by atoms with Crippen LogP contribution >= 0.6 is 0 Å². The van der Waals surface area contributed by atoms with E-state index >= 15 is 0 Å². The molecule has 0 aliphatic carbocycles. The fourth-order valence-corrected chi connectivity index (χ4v) is 3.37. The van der Waals surface area contributed by atoms with Gasteiger partial charge in [-0.05, 0) is 11.6 Å². The number of hydrogen-bond acceptors (Lipinski definition) is 3. The molecular weight excluding hydrogens is 230 g/mol. The lowest BCUT2D eigenvalue weighted by Gasteiger charge is -2.30. The highest BCUT2D eigenvalue weighted by atomic mass is 32.2. The Kier molecular flexibility index (Phi) is 2.47. The van der Waals surface area contributed by atoms with E-state index in [1.165, 1.54) is 13.1 Å². The summed E-state index contributed by atoms with van der Waals surface area (Å²) in [5.41, 5.74) is 0.563. The second-order valence-electron chi connectivity index (χ2n) is 3.69. The molecule has 1 aromatic rings. The van der Waals surface area contributed by atoms with Gasteiger partial charge in [0.05, 0.1) is 4.90 Å². The van der Waals surface area contributed by atoms with Crippen molar-refractivity contribution < 1.29 is 18.3 Å². The molecule has 6 heteroatoms. The summed E-state index contributed by atoms with van der Waals surface area (Å²) in [4.78, 5) is 11.2. The van der Waals surface area contributed by atoms with Crippen molar-refractivity contribution in [2.75, 3.05) is 7.05 Å². The van der Waals surface area contributed by atoms with Crippen molar-refractivity contribution in [1.82, 2.24) is 4.31 Å². The molecule has 0 bridgehead atoms. The van der Waals surface area contributed by atoms with Gasteiger partial charge in [-0.15, -0.1) is 0 Å². The molecule has 0 saturated carbocycles. The summed E-state index contributed by atoms with van der Waals surface area (Å²) in [5, 5.41) is 8.96. The first-order valence-corrected chi connectivity index (χ1v) is 6.17. The van der Waals surface area contributed by atoms with Crippen LogP contribution in [0.4, 0.5) is 0 Å². The summed E-state index contributed by atoms with van der Waals surface area (Å²) in [6, 6.07) is 5.47. The first kappa shape index (κ1) is 11.1. The molecule has 86 valence electrons. The number of sulfonamides is 1. The predicted molar refractivity (Wildman–Crippen MR) is 56.5 cm³/mol. The van der Waals surface area contributed by atoms with E-state index in [4.69, 9.17) is 5.11 Å². The molecule has 1 heterocycles. The topological polar surface area (TPSA) is 74.7 Å². The van der Waals surface area contributed by atoms with Crippen LogP contribution in [-0.4, -0.2) is 36.9 Å². The van der Waals surface area contributed by atoms with Gasteiger partial charge in [0.2, 0.25) is 10.0 Å². The van der Waals surface area contributed by atoms with Crippen molar-refractivity contribution >= 4 is 16.0 Å². The van der Waals surface area contributed by atoms with Crippen LogP contribution in [-0.2, 0) is 21.2 Å². The predicted octanol–water partition coefficient (Wildman–Crippen LogP) is 0.316. The van der Waals surface area contributed by atoms with Gasteiger partial charge in [-0.3, -0.25) is 4.79 Å². The maximum atomic E-state index is 12.0. The highest BCUT2D eigenvalue weighted by Gasteiger charge is 2.38. The van der Waals surface area contributed by atoms with E-state index in [1.54, 1.807) is 18.2 Å².